The van der Waals surface area contributed by atoms with Gasteiger partial charge in [0.2, 0.25) is 5.16 Å². The largest absolute Gasteiger partial charge is 0.366 e. The molecule has 28 heavy (non-hydrogen) atoms. The van der Waals surface area contributed by atoms with Gasteiger partial charge < -0.3 is 9.64 Å². The minimum absolute atomic E-state index is 0.166. The van der Waals surface area contributed by atoms with E-state index in [2.05, 4.69) is 40.6 Å². The van der Waals surface area contributed by atoms with Gasteiger partial charge in [-0.2, -0.15) is 4.68 Å². The number of benzene rings is 2. The number of hydrogen-bond donors (Lipinski definition) is 1. The molecule has 1 N–H and O–H groups in total. The molecule has 2 heterocycles. The minimum Gasteiger partial charge on any atom is -0.366 e. The van der Waals surface area contributed by atoms with Crippen LogP contribution in [0.3, 0.4) is 0 Å². The van der Waals surface area contributed by atoms with Crippen molar-refractivity contribution in [2.75, 3.05) is 25.4 Å². The summed E-state index contributed by atoms with van der Waals surface area (Å²) in [5.74, 6) is 0.818. The Morgan fingerprint density at radius 2 is 2.04 bits per heavy atom. The number of aryl methyl sites for hydroxylation is 1. The molecule has 2 aromatic carbocycles. The van der Waals surface area contributed by atoms with Crippen LogP contribution in [0.25, 0.3) is 5.69 Å². The third-order valence-corrected chi connectivity index (χ3v) is 6.26. The Morgan fingerprint density at radius 3 is 2.86 bits per heavy atom. The molecule has 1 fully saturated rings. The van der Waals surface area contributed by atoms with Gasteiger partial charge in [-0.05, 0) is 35.5 Å². The molecule has 0 radical (unpaired) electrons. The zero-order chi connectivity index (χ0) is 19.3. The second-order valence-corrected chi connectivity index (χ2v) is 8.38. The predicted molar refractivity (Wildman–Crippen MR) is 110 cm³/mol. The molecule has 4 rings (SSSR count). The fourth-order valence-electron chi connectivity index (χ4n) is 3.32. The molecule has 3 aromatic rings. The van der Waals surface area contributed by atoms with Gasteiger partial charge >= 0.3 is 0 Å². The van der Waals surface area contributed by atoms with Crippen molar-refractivity contribution in [1.29, 1.82) is 0 Å². The van der Waals surface area contributed by atoms with Crippen molar-refractivity contribution >= 4 is 23.4 Å². The lowest BCUT2D eigenvalue weighted by Gasteiger charge is -2.30. The minimum atomic E-state index is 0.166. The summed E-state index contributed by atoms with van der Waals surface area (Å²) in [6.45, 7) is 5.69. The molecule has 1 saturated heterocycles. The molecule has 0 amide bonds. The Labute approximate surface area is 173 Å². The number of ether oxygens (including phenoxy) is 1. The van der Waals surface area contributed by atoms with E-state index in [1.165, 1.54) is 16.0 Å². The van der Waals surface area contributed by atoms with Crippen LogP contribution in [0.15, 0.2) is 53.7 Å². The maximum absolute atomic E-state index is 6.32. The van der Waals surface area contributed by atoms with Crippen LogP contribution in [-0.2, 0) is 11.3 Å². The molecule has 0 saturated carbocycles. The lowest BCUT2D eigenvalue weighted by molar-refractivity contribution is -0.924. The molecular weight excluding hydrogens is 394 g/mol. The number of quaternary nitrogens is 1. The number of aromatic nitrogens is 4. The molecule has 1 aromatic heterocycles. The van der Waals surface area contributed by atoms with E-state index in [4.69, 9.17) is 16.3 Å². The maximum Gasteiger partial charge on any atom is 0.214 e. The number of rotatable bonds is 6. The summed E-state index contributed by atoms with van der Waals surface area (Å²) >= 11 is 7.95. The molecule has 0 spiro atoms. The van der Waals surface area contributed by atoms with E-state index >= 15 is 0 Å². The van der Waals surface area contributed by atoms with Gasteiger partial charge in [-0.3, -0.25) is 0 Å². The lowest BCUT2D eigenvalue weighted by atomic mass is 10.2. The second-order valence-electron chi connectivity index (χ2n) is 6.98. The Kier molecular flexibility index (Phi) is 6.26. The fourth-order valence-corrected chi connectivity index (χ4v) is 4.43. The maximum atomic E-state index is 6.32. The number of halogens is 1. The molecule has 0 bridgehead atoms. The molecule has 1 unspecified atom stereocenters. The van der Waals surface area contributed by atoms with Crippen LogP contribution >= 0.6 is 23.4 Å². The number of hydrogen-bond acceptors (Lipinski definition) is 5. The van der Waals surface area contributed by atoms with Crippen molar-refractivity contribution in [2.24, 2.45) is 0 Å². The van der Waals surface area contributed by atoms with E-state index < -0.39 is 0 Å². The van der Waals surface area contributed by atoms with Gasteiger partial charge in [0.05, 0.1) is 12.3 Å². The van der Waals surface area contributed by atoms with Crippen LogP contribution in [0.4, 0.5) is 0 Å². The summed E-state index contributed by atoms with van der Waals surface area (Å²) in [6, 6.07) is 16.2. The van der Waals surface area contributed by atoms with E-state index in [1.807, 2.05) is 30.3 Å². The molecule has 8 heteroatoms. The third-order valence-electron chi connectivity index (χ3n) is 4.84. The zero-order valence-corrected chi connectivity index (χ0v) is 17.3. The van der Waals surface area contributed by atoms with Crippen molar-refractivity contribution in [3.05, 3.63) is 64.7 Å². The molecule has 6 nitrogen and oxygen atoms in total. The molecule has 146 valence electrons. The normalized spacial score (nSPS) is 19.6. The lowest BCUT2D eigenvalue weighted by Crippen LogP contribution is -3.13. The van der Waals surface area contributed by atoms with Crippen molar-refractivity contribution < 1.29 is 9.64 Å². The van der Waals surface area contributed by atoms with E-state index in [-0.39, 0.29) is 6.10 Å². The first kappa shape index (κ1) is 19.4. The average molecular weight is 417 g/mol. The first-order valence-electron chi connectivity index (χ1n) is 9.36. The Balaban J connectivity index is 1.36. The smallest absolute Gasteiger partial charge is 0.214 e. The number of nitrogens with one attached hydrogen (secondary N) is 1. The molecule has 2 atom stereocenters. The van der Waals surface area contributed by atoms with Crippen molar-refractivity contribution in [2.45, 2.75) is 24.7 Å². The number of morpholine rings is 1. The highest BCUT2D eigenvalue weighted by Crippen LogP contribution is 2.20. The van der Waals surface area contributed by atoms with Gasteiger partial charge in [0, 0.05) is 16.3 Å². The summed E-state index contributed by atoms with van der Waals surface area (Å²) in [7, 11) is 0. The Morgan fingerprint density at radius 1 is 1.21 bits per heavy atom. The first-order chi connectivity index (χ1) is 13.7. The number of nitrogens with zero attached hydrogens (tertiary/aromatic N) is 4. The van der Waals surface area contributed by atoms with Gasteiger partial charge in [-0.25, -0.2) is 0 Å². The van der Waals surface area contributed by atoms with Crippen molar-refractivity contribution in [1.82, 2.24) is 20.2 Å². The van der Waals surface area contributed by atoms with Gasteiger partial charge in [0.1, 0.15) is 25.7 Å². The summed E-state index contributed by atoms with van der Waals surface area (Å²) in [5.41, 5.74) is 3.37. The number of thioether (sulfide) groups is 1. The van der Waals surface area contributed by atoms with Crippen LogP contribution in [0.2, 0.25) is 5.02 Å². The number of tetrazole rings is 1. The van der Waals surface area contributed by atoms with Crippen LogP contribution < -0.4 is 4.90 Å². The van der Waals surface area contributed by atoms with Crippen LogP contribution in [0.1, 0.15) is 11.1 Å². The fraction of sp³-hybridized carbons (Fsp3) is 0.350. The van der Waals surface area contributed by atoms with Gasteiger partial charge in [-0.1, -0.05) is 59.3 Å². The SMILES string of the molecule is Cc1ccc(-n2nnnc2SC[C@@H]2C[NH+](Cc3ccccc3Cl)CCO2)cc1. The zero-order valence-electron chi connectivity index (χ0n) is 15.7. The van der Waals surface area contributed by atoms with Gasteiger partial charge in [-0.15, -0.1) is 5.10 Å². The molecule has 1 aliphatic heterocycles. The quantitative estimate of drug-likeness (QED) is 0.624. The first-order valence-corrected chi connectivity index (χ1v) is 10.7. The van der Waals surface area contributed by atoms with Crippen LogP contribution in [0, 0.1) is 6.92 Å². The summed E-state index contributed by atoms with van der Waals surface area (Å²) in [4.78, 5) is 1.49. The topological polar surface area (TPSA) is 57.3 Å². The molecule has 1 aliphatic rings. The standard InChI is InChI=1S/C20H22ClN5OS/c1-15-6-8-17(9-7-15)26-20(22-23-24-26)28-14-18-13-25(10-11-27-18)12-16-4-2-3-5-19(16)21/h2-9,18H,10-14H2,1H3/p+1/t18-/m0/s1. The van der Waals surface area contributed by atoms with Crippen molar-refractivity contribution in [3.63, 3.8) is 0 Å². The van der Waals surface area contributed by atoms with Crippen LogP contribution in [0.5, 0.6) is 0 Å². The van der Waals surface area contributed by atoms with E-state index in [1.54, 1.807) is 16.4 Å². The van der Waals surface area contributed by atoms with E-state index in [0.29, 0.717) is 0 Å². The third kappa shape index (κ3) is 4.72. The Bertz CT molecular complexity index is 917. The van der Waals surface area contributed by atoms with Gasteiger partial charge in [0.15, 0.2) is 0 Å². The van der Waals surface area contributed by atoms with Gasteiger partial charge in [0.25, 0.3) is 0 Å². The van der Waals surface area contributed by atoms with Crippen molar-refractivity contribution in [3.8, 4) is 5.69 Å². The molecule has 0 aliphatic carbocycles. The average Bonchev–Trinajstić information content (AvgIpc) is 3.18. The molecular formula is C20H23ClN5OS+. The Hall–Kier alpha value is -1.93. The summed E-state index contributed by atoms with van der Waals surface area (Å²) in [6.07, 6.45) is 0.166. The predicted octanol–water partition coefficient (Wildman–Crippen LogP) is 2.20. The van der Waals surface area contributed by atoms with Crippen LogP contribution in [-0.4, -0.2) is 51.8 Å². The van der Waals surface area contributed by atoms with E-state index in [9.17, 15) is 0 Å². The summed E-state index contributed by atoms with van der Waals surface area (Å²) < 4.78 is 7.76. The van der Waals surface area contributed by atoms with E-state index in [0.717, 1.165) is 47.9 Å². The monoisotopic (exact) mass is 416 g/mol. The highest BCUT2D eigenvalue weighted by molar-refractivity contribution is 7.99. The summed E-state index contributed by atoms with van der Waals surface area (Å²) in [5, 5.41) is 13.8. The highest BCUT2D eigenvalue weighted by Gasteiger charge is 2.25. The second kappa shape index (κ2) is 9.05. The highest BCUT2D eigenvalue weighted by atomic mass is 35.5.